The van der Waals surface area contributed by atoms with Gasteiger partial charge in [-0.05, 0) is 37.0 Å². The lowest BCUT2D eigenvalue weighted by molar-refractivity contribution is 0.359. The highest BCUT2D eigenvalue weighted by Gasteiger charge is 2.19. The standard InChI is InChI=1S/C14H20ClN3/c1-16-14(17-13-4-3-5-13)18(2)10-11-6-8-12(15)9-7-11/h6-9,13H,3-5,10H2,1-2H3,(H,16,17). The topological polar surface area (TPSA) is 27.6 Å². The van der Waals surface area contributed by atoms with Gasteiger partial charge in [-0.3, -0.25) is 4.99 Å². The Morgan fingerprint density at radius 1 is 1.39 bits per heavy atom. The van der Waals surface area contributed by atoms with E-state index in [1.807, 2.05) is 19.2 Å². The normalized spacial score (nSPS) is 16.3. The Balaban J connectivity index is 1.92. The summed E-state index contributed by atoms with van der Waals surface area (Å²) in [6, 6.07) is 8.56. The monoisotopic (exact) mass is 265 g/mol. The maximum Gasteiger partial charge on any atom is 0.193 e. The molecule has 0 spiro atoms. The van der Waals surface area contributed by atoms with E-state index in [4.69, 9.17) is 11.6 Å². The Hall–Kier alpha value is -1.22. The molecule has 0 amide bonds. The van der Waals surface area contributed by atoms with Gasteiger partial charge in [0.15, 0.2) is 5.96 Å². The second kappa shape index (κ2) is 6.10. The third kappa shape index (κ3) is 3.39. The number of rotatable bonds is 3. The maximum atomic E-state index is 5.88. The Morgan fingerprint density at radius 2 is 2.06 bits per heavy atom. The zero-order valence-electron chi connectivity index (χ0n) is 11.0. The molecular weight excluding hydrogens is 246 g/mol. The average Bonchev–Trinajstić information content (AvgIpc) is 2.31. The first kappa shape index (κ1) is 13.2. The van der Waals surface area contributed by atoms with Crippen molar-refractivity contribution in [2.75, 3.05) is 14.1 Å². The molecule has 4 heteroatoms. The zero-order chi connectivity index (χ0) is 13.0. The molecule has 2 rings (SSSR count). The van der Waals surface area contributed by atoms with E-state index in [0.29, 0.717) is 6.04 Å². The van der Waals surface area contributed by atoms with Crippen molar-refractivity contribution in [1.82, 2.24) is 10.2 Å². The van der Waals surface area contributed by atoms with Crippen molar-refractivity contribution >= 4 is 17.6 Å². The van der Waals surface area contributed by atoms with E-state index in [-0.39, 0.29) is 0 Å². The van der Waals surface area contributed by atoms with Crippen LogP contribution in [-0.2, 0) is 6.54 Å². The number of benzene rings is 1. The number of aliphatic imine (C=N–C) groups is 1. The third-order valence-corrected chi connectivity index (χ3v) is 3.60. The van der Waals surface area contributed by atoms with Crippen LogP contribution >= 0.6 is 11.6 Å². The summed E-state index contributed by atoms with van der Waals surface area (Å²) in [5.41, 5.74) is 1.23. The Kier molecular flexibility index (Phi) is 4.48. The van der Waals surface area contributed by atoms with Gasteiger partial charge in [-0.25, -0.2) is 0 Å². The van der Waals surface area contributed by atoms with Gasteiger partial charge in [0.05, 0.1) is 0 Å². The largest absolute Gasteiger partial charge is 0.354 e. The van der Waals surface area contributed by atoms with Crippen LogP contribution in [0.1, 0.15) is 24.8 Å². The molecule has 1 aliphatic carbocycles. The fourth-order valence-electron chi connectivity index (χ4n) is 2.02. The molecule has 0 aromatic heterocycles. The summed E-state index contributed by atoms with van der Waals surface area (Å²) in [5.74, 6) is 0.967. The molecule has 0 unspecified atom stereocenters. The molecule has 0 bridgehead atoms. The number of nitrogens with one attached hydrogen (secondary N) is 1. The van der Waals surface area contributed by atoms with Crippen LogP contribution < -0.4 is 5.32 Å². The van der Waals surface area contributed by atoms with Crippen LogP contribution in [0, 0.1) is 0 Å². The van der Waals surface area contributed by atoms with Gasteiger partial charge >= 0.3 is 0 Å². The highest BCUT2D eigenvalue weighted by Crippen LogP contribution is 2.18. The van der Waals surface area contributed by atoms with Gasteiger partial charge in [0.25, 0.3) is 0 Å². The van der Waals surface area contributed by atoms with E-state index >= 15 is 0 Å². The van der Waals surface area contributed by atoms with E-state index in [1.165, 1.54) is 24.8 Å². The lowest BCUT2D eigenvalue weighted by Crippen LogP contribution is -2.46. The predicted octanol–water partition coefficient (Wildman–Crippen LogP) is 2.90. The molecule has 0 saturated heterocycles. The Labute approximate surface area is 114 Å². The van der Waals surface area contributed by atoms with E-state index in [0.717, 1.165) is 17.5 Å². The van der Waals surface area contributed by atoms with Crippen LogP contribution in [0.3, 0.4) is 0 Å². The van der Waals surface area contributed by atoms with Gasteiger partial charge in [0.1, 0.15) is 0 Å². The second-order valence-electron chi connectivity index (χ2n) is 4.80. The van der Waals surface area contributed by atoms with Gasteiger partial charge in [-0.1, -0.05) is 23.7 Å². The van der Waals surface area contributed by atoms with Crippen LogP contribution in [0.5, 0.6) is 0 Å². The average molecular weight is 266 g/mol. The summed E-state index contributed by atoms with van der Waals surface area (Å²) in [6.07, 6.45) is 3.84. The van der Waals surface area contributed by atoms with Crippen molar-refractivity contribution in [2.24, 2.45) is 4.99 Å². The maximum absolute atomic E-state index is 5.88. The number of hydrogen-bond donors (Lipinski definition) is 1. The number of nitrogens with zero attached hydrogens (tertiary/aromatic N) is 2. The first-order valence-electron chi connectivity index (χ1n) is 6.38. The van der Waals surface area contributed by atoms with Crippen LogP contribution in [0.4, 0.5) is 0 Å². The van der Waals surface area contributed by atoms with E-state index < -0.39 is 0 Å². The van der Waals surface area contributed by atoms with Crippen molar-refractivity contribution in [3.8, 4) is 0 Å². The van der Waals surface area contributed by atoms with E-state index in [1.54, 1.807) is 0 Å². The fourth-order valence-corrected chi connectivity index (χ4v) is 2.15. The van der Waals surface area contributed by atoms with E-state index in [2.05, 4.69) is 34.4 Å². The quantitative estimate of drug-likeness (QED) is 0.672. The number of guanidine groups is 1. The Bertz CT molecular complexity index is 410. The number of hydrogen-bond acceptors (Lipinski definition) is 1. The molecule has 1 saturated carbocycles. The van der Waals surface area contributed by atoms with Crippen molar-refractivity contribution in [1.29, 1.82) is 0 Å². The summed E-state index contributed by atoms with van der Waals surface area (Å²) < 4.78 is 0. The molecular formula is C14H20ClN3. The summed E-state index contributed by atoms with van der Waals surface area (Å²) >= 11 is 5.88. The van der Waals surface area contributed by atoms with E-state index in [9.17, 15) is 0 Å². The van der Waals surface area contributed by atoms with Crippen LogP contribution in [-0.4, -0.2) is 31.0 Å². The summed E-state index contributed by atoms with van der Waals surface area (Å²) in [4.78, 5) is 6.47. The minimum atomic E-state index is 0.608. The minimum Gasteiger partial charge on any atom is -0.354 e. The van der Waals surface area contributed by atoms with Crippen LogP contribution in [0.15, 0.2) is 29.3 Å². The molecule has 0 radical (unpaired) electrons. The molecule has 1 aliphatic rings. The SMILES string of the molecule is CN=C(NC1CCC1)N(C)Cc1ccc(Cl)cc1. The molecule has 18 heavy (non-hydrogen) atoms. The van der Waals surface area contributed by atoms with Crippen LogP contribution in [0.25, 0.3) is 0 Å². The first-order chi connectivity index (χ1) is 8.69. The van der Waals surface area contributed by atoms with Crippen molar-refractivity contribution < 1.29 is 0 Å². The molecule has 1 fully saturated rings. The predicted molar refractivity (Wildman–Crippen MR) is 77.1 cm³/mol. The zero-order valence-corrected chi connectivity index (χ0v) is 11.7. The van der Waals surface area contributed by atoms with Crippen molar-refractivity contribution in [3.63, 3.8) is 0 Å². The van der Waals surface area contributed by atoms with Gasteiger partial charge in [0.2, 0.25) is 0 Å². The summed E-state index contributed by atoms with van der Waals surface area (Å²) in [6.45, 7) is 0.837. The lowest BCUT2D eigenvalue weighted by Gasteiger charge is -2.31. The summed E-state index contributed by atoms with van der Waals surface area (Å²) in [7, 11) is 3.89. The molecule has 1 aromatic carbocycles. The molecule has 0 atom stereocenters. The first-order valence-corrected chi connectivity index (χ1v) is 6.75. The van der Waals surface area contributed by atoms with Crippen molar-refractivity contribution in [2.45, 2.75) is 31.8 Å². The molecule has 1 N–H and O–H groups in total. The second-order valence-corrected chi connectivity index (χ2v) is 5.24. The minimum absolute atomic E-state index is 0.608. The smallest absolute Gasteiger partial charge is 0.193 e. The van der Waals surface area contributed by atoms with Gasteiger partial charge in [0, 0.05) is 31.7 Å². The van der Waals surface area contributed by atoms with Gasteiger partial charge < -0.3 is 10.2 Å². The molecule has 98 valence electrons. The molecule has 1 aromatic rings. The highest BCUT2D eigenvalue weighted by atomic mass is 35.5. The fraction of sp³-hybridized carbons (Fsp3) is 0.500. The van der Waals surface area contributed by atoms with Crippen LogP contribution in [0.2, 0.25) is 5.02 Å². The van der Waals surface area contributed by atoms with Crippen molar-refractivity contribution in [3.05, 3.63) is 34.9 Å². The molecule has 0 heterocycles. The lowest BCUT2D eigenvalue weighted by atomic mass is 9.93. The number of halogens is 1. The Morgan fingerprint density at radius 3 is 2.56 bits per heavy atom. The third-order valence-electron chi connectivity index (χ3n) is 3.34. The van der Waals surface area contributed by atoms with Gasteiger partial charge in [-0.2, -0.15) is 0 Å². The molecule has 0 aliphatic heterocycles. The molecule has 3 nitrogen and oxygen atoms in total. The van der Waals surface area contributed by atoms with Gasteiger partial charge in [-0.15, -0.1) is 0 Å². The highest BCUT2D eigenvalue weighted by molar-refractivity contribution is 6.30. The summed E-state index contributed by atoms with van der Waals surface area (Å²) in [5, 5.41) is 4.26.